The minimum absolute atomic E-state index is 0.111. The number of ether oxygens (including phenoxy) is 1. The van der Waals surface area contributed by atoms with Gasteiger partial charge in [0.1, 0.15) is 12.4 Å². The van der Waals surface area contributed by atoms with Crippen LogP contribution in [0.25, 0.3) is 0 Å². The molecule has 0 aromatic heterocycles. The molecule has 0 amide bonds. The Morgan fingerprint density at radius 3 is 2.33 bits per heavy atom. The number of benzene rings is 2. The molecule has 2 aromatic rings. The summed E-state index contributed by atoms with van der Waals surface area (Å²) in [4.78, 5) is 11.4. The lowest BCUT2D eigenvalue weighted by Crippen LogP contribution is -2.31. The van der Waals surface area contributed by atoms with Crippen LogP contribution in [0.2, 0.25) is 5.02 Å². The largest absolute Gasteiger partial charge is 0.491 e. The molecule has 0 aliphatic carbocycles. The Bertz CT molecular complexity index is 819. The first kappa shape index (κ1) is 18.4. The van der Waals surface area contributed by atoms with E-state index < -0.39 is 10.0 Å². The molecule has 2 aromatic carbocycles. The van der Waals surface area contributed by atoms with Crippen molar-refractivity contribution in [1.29, 1.82) is 0 Å². The van der Waals surface area contributed by atoms with E-state index in [4.69, 9.17) is 16.3 Å². The Hall–Kier alpha value is -1.89. The van der Waals surface area contributed by atoms with Gasteiger partial charge in [-0.3, -0.25) is 4.79 Å². The molecule has 0 unspecified atom stereocenters. The quantitative estimate of drug-likeness (QED) is 0.705. The number of hydrogen-bond donors (Lipinski definition) is 0. The summed E-state index contributed by atoms with van der Waals surface area (Å²) in [6.07, 6.45) is 0. The number of ketones is 1. The number of halogens is 1. The molecule has 5 nitrogen and oxygen atoms in total. The summed E-state index contributed by atoms with van der Waals surface area (Å²) in [6, 6.07) is 12.9. The number of hydrogen-bond acceptors (Lipinski definition) is 4. The molecule has 0 aliphatic rings. The third-order valence-electron chi connectivity index (χ3n) is 3.47. The zero-order valence-electron chi connectivity index (χ0n) is 13.4. The first-order valence-electron chi connectivity index (χ1n) is 7.27. The van der Waals surface area contributed by atoms with E-state index in [1.807, 2.05) is 0 Å². The Balaban J connectivity index is 2.01. The molecule has 24 heavy (non-hydrogen) atoms. The molecule has 128 valence electrons. The van der Waals surface area contributed by atoms with E-state index in [0.717, 1.165) is 0 Å². The van der Waals surface area contributed by atoms with Crippen molar-refractivity contribution in [2.45, 2.75) is 11.8 Å². The van der Waals surface area contributed by atoms with Crippen molar-refractivity contribution in [3.05, 3.63) is 59.1 Å². The highest BCUT2D eigenvalue weighted by atomic mass is 35.5. The fraction of sp³-hybridized carbons (Fsp3) is 0.235. The highest BCUT2D eigenvalue weighted by Gasteiger charge is 2.20. The van der Waals surface area contributed by atoms with Crippen LogP contribution in [0.3, 0.4) is 0 Å². The Morgan fingerprint density at radius 1 is 1.12 bits per heavy atom. The van der Waals surface area contributed by atoms with Crippen LogP contribution in [0.4, 0.5) is 0 Å². The Morgan fingerprint density at radius 2 is 1.75 bits per heavy atom. The van der Waals surface area contributed by atoms with Crippen molar-refractivity contribution in [1.82, 2.24) is 4.31 Å². The number of carbonyl (C=O) groups is 1. The number of para-hydroxylation sites is 1. The number of sulfonamides is 1. The third-order valence-corrected chi connectivity index (χ3v) is 5.65. The van der Waals surface area contributed by atoms with E-state index in [0.29, 0.717) is 16.3 Å². The molecule has 0 saturated heterocycles. The van der Waals surface area contributed by atoms with Crippen LogP contribution in [-0.2, 0) is 10.0 Å². The van der Waals surface area contributed by atoms with Crippen molar-refractivity contribution in [3.63, 3.8) is 0 Å². The van der Waals surface area contributed by atoms with Crippen LogP contribution in [0, 0.1) is 0 Å². The maximum atomic E-state index is 12.5. The molecular weight excluding hydrogens is 350 g/mol. The summed E-state index contributed by atoms with van der Waals surface area (Å²) in [7, 11) is -2.16. The molecule has 0 bridgehead atoms. The molecule has 0 heterocycles. The molecule has 0 N–H and O–H groups in total. The van der Waals surface area contributed by atoms with E-state index in [-0.39, 0.29) is 23.8 Å². The predicted octanol–water partition coefficient (Wildman–Crippen LogP) is 3.24. The molecule has 7 heteroatoms. The van der Waals surface area contributed by atoms with Crippen LogP contribution in [-0.4, -0.2) is 38.7 Å². The smallest absolute Gasteiger partial charge is 0.242 e. The first-order chi connectivity index (χ1) is 11.3. The molecule has 0 atom stereocenters. The van der Waals surface area contributed by atoms with Gasteiger partial charge in [-0.15, -0.1) is 0 Å². The van der Waals surface area contributed by atoms with Crippen LogP contribution < -0.4 is 4.74 Å². The van der Waals surface area contributed by atoms with Gasteiger partial charge in [-0.25, -0.2) is 8.42 Å². The average Bonchev–Trinajstić information content (AvgIpc) is 2.56. The molecule has 0 radical (unpaired) electrons. The van der Waals surface area contributed by atoms with Gasteiger partial charge in [-0.1, -0.05) is 35.9 Å². The number of rotatable bonds is 7. The van der Waals surface area contributed by atoms with Crippen LogP contribution in [0.5, 0.6) is 5.75 Å². The number of carbonyl (C=O) groups excluding carboxylic acids is 1. The second kappa shape index (κ2) is 7.79. The van der Waals surface area contributed by atoms with Gasteiger partial charge in [0.15, 0.2) is 5.78 Å². The first-order valence-corrected chi connectivity index (χ1v) is 9.09. The predicted molar refractivity (Wildman–Crippen MR) is 93.2 cm³/mol. The lowest BCUT2D eigenvalue weighted by molar-refractivity contribution is 0.101. The van der Waals surface area contributed by atoms with Crippen molar-refractivity contribution in [2.24, 2.45) is 0 Å². The van der Waals surface area contributed by atoms with E-state index in [1.54, 1.807) is 24.3 Å². The summed E-state index contributed by atoms with van der Waals surface area (Å²) in [5, 5.41) is 0.475. The summed E-state index contributed by atoms with van der Waals surface area (Å²) in [5.41, 5.74) is 0.471. The normalized spacial score (nSPS) is 11.5. The lowest BCUT2D eigenvalue weighted by atomic mass is 10.2. The van der Waals surface area contributed by atoms with Crippen LogP contribution in [0.1, 0.15) is 17.3 Å². The zero-order chi connectivity index (χ0) is 17.7. The van der Waals surface area contributed by atoms with E-state index in [9.17, 15) is 13.2 Å². The summed E-state index contributed by atoms with van der Waals surface area (Å²) in [5.74, 6) is 0.399. The van der Waals surface area contributed by atoms with Gasteiger partial charge in [0, 0.05) is 19.2 Å². The maximum absolute atomic E-state index is 12.5. The average molecular weight is 368 g/mol. The monoisotopic (exact) mass is 367 g/mol. The fourth-order valence-corrected chi connectivity index (χ4v) is 3.35. The standard InChI is InChI=1S/C17H18ClNO4S/c1-13(20)14-7-9-15(10-8-14)24(21,22)19(2)11-12-23-17-6-4-3-5-16(17)18/h3-10H,11-12H2,1-2H3. The van der Waals surface area contributed by atoms with Gasteiger partial charge in [0.25, 0.3) is 0 Å². The Kier molecular flexibility index (Phi) is 5.99. The third kappa shape index (κ3) is 4.35. The van der Waals surface area contributed by atoms with Gasteiger partial charge in [0.05, 0.1) is 9.92 Å². The van der Waals surface area contributed by atoms with Gasteiger partial charge in [0.2, 0.25) is 10.0 Å². The zero-order valence-corrected chi connectivity index (χ0v) is 15.0. The molecule has 0 fully saturated rings. The van der Waals surface area contributed by atoms with Gasteiger partial charge in [-0.2, -0.15) is 4.31 Å². The highest BCUT2D eigenvalue weighted by molar-refractivity contribution is 7.89. The number of Topliss-reactive ketones (excluding diaryl/α,β-unsaturated/α-hetero) is 1. The summed E-state index contributed by atoms with van der Waals surface area (Å²) < 4.78 is 31.7. The fourth-order valence-electron chi connectivity index (χ4n) is 2.01. The molecule has 0 aliphatic heterocycles. The van der Waals surface area contributed by atoms with Crippen molar-refractivity contribution in [3.8, 4) is 5.75 Å². The van der Waals surface area contributed by atoms with Gasteiger partial charge in [-0.05, 0) is 31.2 Å². The number of nitrogens with zero attached hydrogens (tertiary/aromatic N) is 1. The van der Waals surface area contributed by atoms with E-state index in [2.05, 4.69) is 0 Å². The minimum atomic E-state index is -3.64. The summed E-state index contributed by atoms with van der Waals surface area (Å²) in [6.45, 7) is 1.77. The van der Waals surface area contributed by atoms with Crippen LogP contribution in [0.15, 0.2) is 53.4 Å². The molecule has 0 spiro atoms. The van der Waals surface area contributed by atoms with E-state index in [1.165, 1.54) is 42.5 Å². The second-order valence-electron chi connectivity index (χ2n) is 5.19. The van der Waals surface area contributed by atoms with E-state index >= 15 is 0 Å². The minimum Gasteiger partial charge on any atom is -0.491 e. The highest BCUT2D eigenvalue weighted by Crippen LogP contribution is 2.23. The van der Waals surface area contributed by atoms with Gasteiger partial charge >= 0.3 is 0 Å². The lowest BCUT2D eigenvalue weighted by Gasteiger charge is -2.18. The SMILES string of the molecule is CC(=O)c1ccc(S(=O)(=O)N(C)CCOc2ccccc2Cl)cc1. The maximum Gasteiger partial charge on any atom is 0.242 e. The molecule has 2 rings (SSSR count). The molecule has 0 saturated carbocycles. The topological polar surface area (TPSA) is 63.7 Å². The number of likely N-dealkylation sites (N-methyl/N-ethyl adjacent to an activating group) is 1. The van der Waals surface area contributed by atoms with Crippen molar-refractivity contribution < 1.29 is 17.9 Å². The van der Waals surface area contributed by atoms with Crippen molar-refractivity contribution in [2.75, 3.05) is 20.2 Å². The second-order valence-corrected chi connectivity index (χ2v) is 7.64. The summed E-state index contributed by atoms with van der Waals surface area (Å²) >= 11 is 5.98. The van der Waals surface area contributed by atoms with Crippen molar-refractivity contribution >= 4 is 27.4 Å². The Labute approximate surface area is 146 Å². The van der Waals surface area contributed by atoms with Crippen LogP contribution >= 0.6 is 11.6 Å². The molecular formula is C17H18ClNO4S. The van der Waals surface area contributed by atoms with Gasteiger partial charge < -0.3 is 4.74 Å².